The number of hydrogen-bond acceptors (Lipinski definition) is 4. The van der Waals surface area contributed by atoms with E-state index >= 15 is 0 Å². The van der Waals surface area contributed by atoms with Crippen LogP contribution >= 0.6 is 0 Å². The fourth-order valence-corrected chi connectivity index (χ4v) is 10.2. The van der Waals surface area contributed by atoms with Gasteiger partial charge in [0.2, 0.25) is 5.91 Å². The molecule has 410 valence electrons. The van der Waals surface area contributed by atoms with Crippen molar-refractivity contribution < 1.29 is 20.1 Å². The first kappa shape index (κ1) is 67.8. The van der Waals surface area contributed by atoms with Gasteiger partial charge in [-0.05, 0) is 32.1 Å². The van der Waals surface area contributed by atoms with Crippen molar-refractivity contribution in [3.8, 4) is 0 Å². The molecule has 69 heavy (non-hydrogen) atoms. The molecule has 0 aliphatic heterocycles. The van der Waals surface area contributed by atoms with Gasteiger partial charge in [0.15, 0.2) is 0 Å². The highest BCUT2D eigenvalue weighted by atomic mass is 16.3. The third kappa shape index (κ3) is 56.0. The summed E-state index contributed by atoms with van der Waals surface area (Å²) < 4.78 is 0. The van der Waals surface area contributed by atoms with Gasteiger partial charge in [0, 0.05) is 0 Å². The molecular formula is C64H125NO4. The Bertz CT molecular complexity index is 1030. The molecule has 0 aromatic heterocycles. The SMILES string of the molecule is CCCCCCCCCCCCCCCCCCC/C=C/CC/C=C/C(O)C(CO)NC(=O)CC(O)CCCCCCCCCCCCCCCCCCCCCCCCCCCCCCCCC. The Balaban J connectivity index is 3.52. The molecule has 0 fully saturated rings. The topological polar surface area (TPSA) is 89.8 Å². The van der Waals surface area contributed by atoms with Crippen molar-refractivity contribution in [1.82, 2.24) is 5.32 Å². The maximum atomic E-state index is 12.5. The van der Waals surface area contributed by atoms with E-state index in [-0.39, 0.29) is 18.9 Å². The van der Waals surface area contributed by atoms with Crippen LogP contribution < -0.4 is 5.32 Å². The molecule has 0 radical (unpaired) electrons. The van der Waals surface area contributed by atoms with Gasteiger partial charge < -0.3 is 20.6 Å². The summed E-state index contributed by atoms with van der Waals surface area (Å²) in [5.41, 5.74) is 0. The number of nitrogens with one attached hydrogen (secondary N) is 1. The number of rotatable bonds is 59. The van der Waals surface area contributed by atoms with E-state index in [0.717, 1.165) is 32.1 Å². The molecule has 0 aliphatic rings. The van der Waals surface area contributed by atoms with E-state index in [4.69, 9.17) is 0 Å². The lowest BCUT2D eigenvalue weighted by molar-refractivity contribution is -0.124. The number of carbonyl (C=O) groups excluding carboxylic acids is 1. The largest absolute Gasteiger partial charge is 0.394 e. The number of carbonyl (C=O) groups is 1. The molecule has 0 aliphatic carbocycles. The fraction of sp³-hybridized carbons (Fsp3) is 0.922. The first-order valence-electron chi connectivity index (χ1n) is 31.6. The monoisotopic (exact) mass is 972 g/mol. The van der Waals surface area contributed by atoms with Crippen LogP contribution in [0.25, 0.3) is 0 Å². The van der Waals surface area contributed by atoms with Crippen LogP contribution in [0.1, 0.15) is 354 Å². The van der Waals surface area contributed by atoms with Gasteiger partial charge in [-0.25, -0.2) is 0 Å². The number of aliphatic hydroxyl groups is 3. The minimum absolute atomic E-state index is 0.0107. The molecule has 0 spiro atoms. The molecule has 5 nitrogen and oxygen atoms in total. The zero-order chi connectivity index (χ0) is 50.0. The highest BCUT2D eigenvalue weighted by molar-refractivity contribution is 5.76. The van der Waals surface area contributed by atoms with Crippen molar-refractivity contribution in [2.75, 3.05) is 6.61 Å². The van der Waals surface area contributed by atoms with E-state index in [2.05, 4.69) is 31.3 Å². The highest BCUT2D eigenvalue weighted by Gasteiger charge is 2.20. The Hall–Kier alpha value is -1.17. The van der Waals surface area contributed by atoms with Crippen molar-refractivity contribution in [2.24, 2.45) is 0 Å². The predicted molar refractivity (Wildman–Crippen MR) is 305 cm³/mol. The Morgan fingerprint density at radius 2 is 0.623 bits per heavy atom. The summed E-state index contributed by atoms with van der Waals surface area (Å²) in [4.78, 5) is 12.5. The second kappa shape index (κ2) is 59.4. The molecule has 0 saturated carbocycles. The highest BCUT2D eigenvalue weighted by Crippen LogP contribution is 2.19. The van der Waals surface area contributed by atoms with Crippen LogP contribution in [0.3, 0.4) is 0 Å². The van der Waals surface area contributed by atoms with Gasteiger partial charge in [-0.1, -0.05) is 340 Å². The van der Waals surface area contributed by atoms with Crippen molar-refractivity contribution >= 4 is 5.91 Å². The van der Waals surface area contributed by atoms with Gasteiger partial charge >= 0.3 is 0 Å². The van der Waals surface area contributed by atoms with E-state index in [9.17, 15) is 20.1 Å². The lowest BCUT2D eigenvalue weighted by atomic mass is 10.0. The number of allylic oxidation sites excluding steroid dienone is 3. The third-order valence-electron chi connectivity index (χ3n) is 15.0. The zero-order valence-corrected chi connectivity index (χ0v) is 47.0. The number of unbranched alkanes of at least 4 members (excludes halogenated alkanes) is 48. The van der Waals surface area contributed by atoms with E-state index in [0.29, 0.717) is 6.42 Å². The molecule has 0 bridgehead atoms. The van der Waals surface area contributed by atoms with Crippen molar-refractivity contribution in [2.45, 2.75) is 372 Å². The Morgan fingerprint density at radius 1 is 0.362 bits per heavy atom. The molecule has 4 N–H and O–H groups in total. The van der Waals surface area contributed by atoms with Gasteiger partial charge in [0.25, 0.3) is 0 Å². The third-order valence-corrected chi connectivity index (χ3v) is 15.0. The zero-order valence-electron chi connectivity index (χ0n) is 47.0. The summed E-state index contributed by atoms with van der Waals surface area (Å²) >= 11 is 0. The van der Waals surface area contributed by atoms with E-state index in [1.54, 1.807) is 6.08 Å². The number of hydrogen-bond donors (Lipinski definition) is 4. The van der Waals surface area contributed by atoms with E-state index in [1.165, 1.54) is 295 Å². The minimum Gasteiger partial charge on any atom is -0.394 e. The van der Waals surface area contributed by atoms with Gasteiger partial charge in [-0.3, -0.25) is 4.79 Å². The molecule has 5 heteroatoms. The summed E-state index contributed by atoms with van der Waals surface area (Å²) in [6.45, 7) is 4.25. The molecular weight excluding hydrogens is 847 g/mol. The van der Waals surface area contributed by atoms with Gasteiger partial charge in [0.1, 0.15) is 0 Å². The van der Waals surface area contributed by atoms with E-state index in [1.807, 2.05) is 6.08 Å². The summed E-state index contributed by atoms with van der Waals surface area (Å²) in [5, 5.41) is 33.5. The van der Waals surface area contributed by atoms with Crippen molar-refractivity contribution in [1.29, 1.82) is 0 Å². The summed E-state index contributed by atoms with van der Waals surface area (Å²) in [6, 6.07) is -0.760. The lowest BCUT2D eigenvalue weighted by Gasteiger charge is -2.21. The van der Waals surface area contributed by atoms with Crippen LogP contribution in [-0.4, -0.2) is 46.1 Å². The Kier molecular flexibility index (Phi) is 58.4. The maximum absolute atomic E-state index is 12.5. The Labute approximate surface area is 432 Å². The van der Waals surface area contributed by atoms with Crippen LogP contribution in [0.2, 0.25) is 0 Å². The molecule has 0 aromatic carbocycles. The first-order chi connectivity index (χ1) is 34.0. The molecule has 0 saturated heterocycles. The molecule has 0 heterocycles. The molecule has 3 atom stereocenters. The van der Waals surface area contributed by atoms with E-state index < -0.39 is 18.2 Å². The maximum Gasteiger partial charge on any atom is 0.222 e. The second-order valence-corrected chi connectivity index (χ2v) is 22.0. The molecule has 1 amide bonds. The summed E-state index contributed by atoms with van der Waals surface area (Å²) in [6.07, 6.45) is 76.9. The van der Waals surface area contributed by atoms with Crippen LogP contribution in [0, 0.1) is 0 Å². The number of aliphatic hydroxyl groups excluding tert-OH is 3. The van der Waals surface area contributed by atoms with Crippen molar-refractivity contribution in [3.63, 3.8) is 0 Å². The van der Waals surface area contributed by atoms with Gasteiger partial charge in [-0.2, -0.15) is 0 Å². The molecule has 0 rings (SSSR count). The van der Waals surface area contributed by atoms with Gasteiger partial charge in [0.05, 0.1) is 31.3 Å². The summed E-state index contributed by atoms with van der Waals surface area (Å²) in [5.74, 6) is -0.318. The normalized spacial score (nSPS) is 13.3. The van der Waals surface area contributed by atoms with Crippen LogP contribution in [-0.2, 0) is 4.79 Å². The van der Waals surface area contributed by atoms with Crippen molar-refractivity contribution in [3.05, 3.63) is 24.3 Å². The molecule has 0 aromatic rings. The fourth-order valence-electron chi connectivity index (χ4n) is 10.2. The lowest BCUT2D eigenvalue weighted by Crippen LogP contribution is -2.45. The first-order valence-corrected chi connectivity index (χ1v) is 31.6. The average Bonchev–Trinajstić information content (AvgIpc) is 3.35. The predicted octanol–water partition coefficient (Wildman–Crippen LogP) is 20.0. The minimum atomic E-state index is -0.951. The Morgan fingerprint density at radius 3 is 0.928 bits per heavy atom. The quantitative estimate of drug-likeness (QED) is 0.0361. The summed E-state index contributed by atoms with van der Waals surface area (Å²) in [7, 11) is 0. The van der Waals surface area contributed by atoms with Crippen LogP contribution in [0.15, 0.2) is 24.3 Å². The molecule has 3 unspecified atom stereocenters. The van der Waals surface area contributed by atoms with Crippen LogP contribution in [0.5, 0.6) is 0 Å². The van der Waals surface area contributed by atoms with Gasteiger partial charge in [-0.15, -0.1) is 0 Å². The smallest absolute Gasteiger partial charge is 0.222 e. The standard InChI is InChI=1S/C64H125NO4/c1-3-5-7-9-11-13-15-17-19-21-23-25-27-28-29-30-31-32-33-34-36-37-39-41-43-45-47-49-51-53-55-57-61(67)59-64(69)65-62(60-66)63(68)58-56-54-52-50-48-46-44-42-40-38-35-26-24-22-20-18-16-14-12-10-8-6-4-2/h48,50,56,58,61-63,66-68H,3-47,49,51-55,57,59-60H2,1-2H3,(H,65,69)/b50-48+,58-56+. The number of amides is 1. The van der Waals surface area contributed by atoms with Crippen LogP contribution in [0.4, 0.5) is 0 Å². The second-order valence-electron chi connectivity index (χ2n) is 22.0. The average molecular weight is 973 g/mol.